The highest BCUT2D eigenvalue weighted by molar-refractivity contribution is 7.92. The van der Waals surface area contributed by atoms with Crippen LogP contribution in [0.5, 0.6) is 5.75 Å². The van der Waals surface area contributed by atoms with Gasteiger partial charge in [-0.2, -0.15) is 0 Å². The van der Waals surface area contributed by atoms with Gasteiger partial charge in [-0.25, -0.2) is 23.4 Å². The molecule has 2 heterocycles. The molecule has 32 heavy (non-hydrogen) atoms. The number of aromatic nitrogens is 3. The van der Waals surface area contributed by atoms with Crippen LogP contribution < -0.4 is 9.64 Å². The maximum atomic E-state index is 13.4. The molecule has 168 valence electrons. The minimum Gasteiger partial charge on any atom is -0.492 e. The van der Waals surface area contributed by atoms with Crippen molar-refractivity contribution < 1.29 is 13.2 Å². The van der Waals surface area contributed by atoms with Gasteiger partial charge in [0.15, 0.2) is 9.84 Å². The molecule has 0 spiro atoms. The fourth-order valence-corrected chi connectivity index (χ4v) is 5.52. The zero-order valence-electron chi connectivity index (χ0n) is 18.8. The van der Waals surface area contributed by atoms with Crippen molar-refractivity contribution in [3.05, 3.63) is 42.2 Å². The summed E-state index contributed by atoms with van der Waals surface area (Å²) in [6.45, 7) is 9.91. The van der Waals surface area contributed by atoms with Crippen LogP contribution in [0.1, 0.15) is 34.6 Å². The first-order valence-corrected chi connectivity index (χ1v) is 12.8. The Bertz CT molecular complexity index is 1390. The maximum Gasteiger partial charge on any atom is 0.186 e. The van der Waals surface area contributed by atoms with Crippen molar-refractivity contribution in [2.75, 3.05) is 18.1 Å². The van der Waals surface area contributed by atoms with Gasteiger partial charge in [-0.3, -0.25) is 0 Å². The van der Waals surface area contributed by atoms with Crippen molar-refractivity contribution in [1.29, 1.82) is 0 Å². The van der Waals surface area contributed by atoms with E-state index < -0.39 is 14.6 Å². The Morgan fingerprint density at radius 1 is 1.03 bits per heavy atom. The van der Waals surface area contributed by atoms with Crippen LogP contribution in [0.2, 0.25) is 0 Å². The van der Waals surface area contributed by atoms with E-state index >= 15 is 0 Å². The molecule has 4 aromatic rings. The van der Waals surface area contributed by atoms with Gasteiger partial charge in [-0.15, -0.1) is 11.3 Å². The van der Waals surface area contributed by atoms with Crippen LogP contribution in [0.3, 0.4) is 0 Å². The lowest BCUT2D eigenvalue weighted by molar-refractivity contribution is 0.331. The monoisotopic (exact) mass is 470 g/mol. The second-order valence-electron chi connectivity index (χ2n) is 8.31. The van der Waals surface area contributed by atoms with E-state index in [1.165, 1.54) is 6.33 Å². The average molecular weight is 471 g/mol. The number of rotatable bonds is 6. The standard InChI is InChI=1S/C23H26N4O3S2/c1-6-27(15-8-9-20-18(10-15)26-14-31-20)22-16-11-21(32(28,29)23(3,4)5)19(30-7-2)12-17(16)24-13-25-22/h8-14H,6-7H2,1-5H3. The smallest absolute Gasteiger partial charge is 0.186 e. The normalized spacial score (nSPS) is 12.4. The molecule has 0 aliphatic carbocycles. The van der Waals surface area contributed by atoms with Crippen LogP contribution in [0.4, 0.5) is 11.5 Å². The molecule has 0 radical (unpaired) electrons. The summed E-state index contributed by atoms with van der Waals surface area (Å²) >= 11 is 1.59. The minimum atomic E-state index is -3.66. The molecule has 0 atom stereocenters. The van der Waals surface area contributed by atoms with Gasteiger partial charge in [0.1, 0.15) is 22.8 Å². The van der Waals surface area contributed by atoms with Crippen molar-refractivity contribution in [3.8, 4) is 5.75 Å². The number of benzene rings is 2. The van der Waals surface area contributed by atoms with E-state index in [0.29, 0.717) is 35.6 Å². The zero-order valence-corrected chi connectivity index (χ0v) is 20.4. The van der Waals surface area contributed by atoms with Crippen molar-refractivity contribution in [1.82, 2.24) is 15.0 Å². The van der Waals surface area contributed by atoms with E-state index in [0.717, 1.165) is 15.9 Å². The lowest BCUT2D eigenvalue weighted by Gasteiger charge is -2.25. The molecule has 0 fully saturated rings. The van der Waals surface area contributed by atoms with Gasteiger partial charge in [0, 0.05) is 23.7 Å². The van der Waals surface area contributed by atoms with Gasteiger partial charge in [0.05, 0.1) is 32.6 Å². The van der Waals surface area contributed by atoms with E-state index in [4.69, 9.17) is 4.74 Å². The Kier molecular flexibility index (Phi) is 5.81. The predicted octanol–water partition coefficient (Wildman–Crippen LogP) is 5.37. The van der Waals surface area contributed by atoms with Gasteiger partial charge < -0.3 is 9.64 Å². The van der Waals surface area contributed by atoms with Crippen LogP contribution in [-0.2, 0) is 9.84 Å². The number of sulfone groups is 1. The first-order chi connectivity index (χ1) is 15.2. The highest BCUT2D eigenvalue weighted by Gasteiger charge is 2.34. The predicted molar refractivity (Wildman–Crippen MR) is 130 cm³/mol. The highest BCUT2D eigenvalue weighted by Crippen LogP contribution is 2.38. The molecule has 4 rings (SSSR count). The van der Waals surface area contributed by atoms with Crippen LogP contribution in [0.25, 0.3) is 21.1 Å². The van der Waals surface area contributed by atoms with E-state index in [1.807, 2.05) is 42.5 Å². The molecular formula is C23H26N4O3S2. The first-order valence-electron chi connectivity index (χ1n) is 10.4. The second kappa shape index (κ2) is 8.29. The summed E-state index contributed by atoms with van der Waals surface area (Å²) in [6, 6.07) is 9.43. The summed E-state index contributed by atoms with van der Waals surface area (Å²) in [5.41, 5.74) is 4.29. The third kappa shape index (κ3) is 3.80. The molecule has 0 saturated carbocycles. The topological polar surface area (TPSA) is 85.3 Å². The maximum absolute atomic E-state index is 13.4. The Labute approximate surface area is 192 Å². The number of fused-ring (bicyclic) bond motifs is 2. The third-order valence-electron chi connectivity index (χ3n) is 5.27. The van der Waals surface area contributed by atoms with Crippen LogP contribution in [0, 0.1) is 0 Å². The quantitative estimate of drug-likeness (QED) is 0.374. The molecule has 0 N–H and O–H groups in total. The summed E-state index contributed by atoms with van der Waals surface area (Å²) in [4.78, 5) is 15.6. The molecule has 0 aliphatic heterocycles. The Morgan fingerprint density at radius 3 is 2.50 bits per heavy atom. The van der Waals surface area contributed by atoms with E-state index in [-0.39, 0.29) is 4.90 Å². The summed E-state index contributed by atoms with van der Waals surface area (Å²) < 4.78 is 32.6. The molecule has 7 nitrogen and oxygen atoms in total. The molecule has 0 unspecified atom stereocenters. The molecule has 2 aromatic heterocycles. The SMILES string of the molecule is CCOc1cc2ncnc(N(CC)c3ccc4scnc4c3)c2cc1S(=O)(=O)C(C)(C)C. The van der Waals surface area contributed by atoms with E-state index in [2.05, 4.69) is 15.0 Å². The lowest BCUT2D eigenvalue weighted by Crippen LogP contribution is -2.28. The van der Waals surface area contributed by atoms with Gasteiger partial charge >= 0.3 is 0 Å². The first kappa shape index (κ1) is 22.4. The number of hydrogen-bond acceptors (Lipinski definition) is 8. The third-order valence-corrected chi connectivity index (χ3v) is 8.59. The van der Waals surface area contributed by atoms with Crippen molar-refractivity contribution in [2.45, 2.75) is 44.3 Å². The van der Waals surface area contributed by atoms with Crippen LogP contribution >= 0.6 is 11.3 Å². The molecular weight excluding hydrogens is 444 g/mol. The molecule has 9 heteroatoms. The minimum absolute atomic E-state index is 0.154. The fraction of sp³-hybridized carbons (Fsp3) is 0.348. The van der Waals surface area contributed by atoms with E-state index in [9.17, 15) is 8.42 Å². The fourth-order valence-electron chi connectivity index (χ4n) is 3.54. The second-order valence-corrected chi connectivity index (χ2v) is 11.9. The van der Waals surface area contributed by atoms with Gasteiger partial charge in [-0.1, -0.05) is 0 Å². The largest absolute Gasteiger partial charge is 0.492 e. The summed E-state index contributed by atoms with van der Waals surface area (Å²) in [6.07, 6.45) is 1.50. The Morgan fingerprint density at radius 2 is 1.81 bits per heavy atom. The van der Waals surface area contributed by atoms with Crippen LogP contribution in [-0.4, -0.2) is 41.3 Å². The molecule has 0 aliphatic rings. The Hall–Kier alpha value is -2.78. The zero-order chi connectivity index (χ0) is 23.1. The van der Waals surface area contributed by atoms with Gasteiger partial charge in [0.2, 0.25) is 0 Å². The molecule has 0 bridgehead atoms. The average Bonchev–Trinajstić information content (AvgIpc) is 3.21. The molecule has 2 aromatic carbocycles. The number of thiazole rings is 1. The van der Waals surface area contributed by atoms with E-state index in [1.54, 1.807) is 44.2 Å². The number of nitrogens with zero attached hydrogens (tertiary/aromatic N) is 4. The van der Waals surface area contributed by atoms with Gasteiger partial charge in [-0.05, 0) is 58.9 Å². The summed E-state index contributed by atoms with van der Waals surface area (Å²) in [7, 11) is -3.66. The lowest BCUT2D eigenvalue weighted by atomic mass is 10.2. The van der Waals surface area contributed by atoms with Crippen molar-refractivity contribution in [3.63, 3.8) is 0 Å². The number of hydrogen-bond donors (Lipinski definition) is 0. The summed E-state index contributed by atoms with van der Waals surface area (Å²) in [5, 5.41) is 0.652. The summed E-state index contributed by atoms with van der Waals surface area (Å²) in [5.74, 6) is 0.951. The van der Waals surface area contributed by atoms with Crippen LogP contribution in [0.15, 0.2) is 47.1 Å². The van der Waals surface area contributed by atoms with Crippen molar-refractivity contribution in [2.24, 2.45) is 0 Å². The molecule has 0 saturated heterocycles. The molecule has 0 amide bonds. The Balaban J connectivity index is 1.96. The highest BCUT2D eigenvalue weighted by atomic mass is 32.2. The van der Waals surface area contributed by atoms with Gasteiger partial charge in [0.25, 0.3) is 0 Å². The number of ether oxygens (including phenoxy) is 1. The van der Waals surface area contributed by atoms with Crippen molar-refractivity contribution >= 4 is 53.8 Å². The number of anilines is 2.